The molecule has 4 rings (SSSR count). The molecule has 1 heterocycles. The number of hydrogen-bond acceptors (Lipinski definition) is 9. The number of nitrogens with one attached hydrogen (secondary N) is 1. The molecule has 3 aromatic rings. The third-order valence-electron chi connectivity index (χ3n) is 6.18. The second kappa shape index (κ2) is 10.4. The lowest BCUT2D eigenvalue weighted by molar-refractivity contribution is -0.394. The SMILES string of the molecule is COc1cc(/C=C2\C(C)=C(C#N)c3[nH+]c(N)c(C#N)c(C)c32)cc(I)c1Oc1ccc([N+](=O)[O-])cc1[N+](=O)[O-]. The number of H-pyrrole nitrogens is 1. The summed E-state index contributed by atoms with van der Waals surface area (Å²) in [6, 6.07) is 10.8. The molecule has 2 aromatic carbocycles. The molecule has 0 atom stereocenters. The molecule has 39 heavy (non-hydrogen) atoms. The van der Waals surface area contributed by atoms with E-state index >= 15 is 0 Å². The number of ether oxygens (including phenoxy) is 2. The Morgan fingerprint density at radius 1 is 1.08 bits per heavy atom. The summed E-state index contributed by atoms with van der Waals surface area (Å²) in [7, 11) is 1.41. The number of nitro groups is 2. The van der Waals surface area contributed by atoms with E-state index in [-0.39, 0.29) is 28.6 Å². The van der Waals surface area contributed by atoms with E-state index in [1.807, 2.05) is 28.7 Å². The molecule has 0 bridgehead atoms. The van der Waals surface area contributed by atoms with Gasteiger partial charge in [0.05, 0.1) is 26.6 Å². The van der Waals surface area contributed by atoms with Crippen LogP contribution in [-0.4, -0.2) is 17.0 Å². The van der Waals surface area contributed by atoms with Gasteiger partial charge in [0.1, 0.15) is 23.3 Å². The zero-order valence-corrected chi connectivity index (χ0v) is 22.8. The second-order valence-corrected chi connectivity index (χ2v) is 9.53. The zero-order valence-electron chi connectivity index (χ0n) is 20.7. The van der Waals surface area contributed by atoms with Crippen molar-refractivity contribution in [1.82, 2.24) is 0 Å². The maximum Gasteiger partial charge on any atom is 0.318 e. The van der Waals surface area contributed by atoms with E-state index < -0.39 is 21.2 Å². The van der Waals surface area contributed by atoms with E-state index in [0.717, 1.165) is 18.2 Å². The van der Waals surface area contributed by atoms with Gasteiger partial charge in [0.25, 0.3) is 11.5 Å². The smallest absolute Gasteiger partial charge is 0.318 e. The number of nitriles is 2. The maximum atomic E-state index is 11.6. The van der Waals surface area contributed by atoms with Crippen LogP contribution in [0.15, 0.2) is 35.9 Å². The quantitative estimate of drug-likeness (QED) is 0.211. The number of rotatable bonds is 6. The minimum Gasteiger partial charge on any atom is -0.493 e. The lowest BCUT2D eigenvalue weighted by atomic mass is 9.95. The van der Waals surface area contributed by atoms with Crippen LogP contribution in [0, 0.1) is 53.4 Å². The molecular formula is C26H18IN6O6+. The van der Waals surface area contributed by atoms with Gasteiger partial charge in [0, 0.05) is 11.6 Å². The van der Waals surface area contributed by atoms with Crippen LogP contribution in [0.5, 0.6) is 17.2 Å². The highest BCUT2D eigenvalue weighted by Crippen LogP contribution is 2.45. The molecule has 1 aliphatic rings. The first-order chi connectivity index (χ1) is 18.5. The largest absolute Gasteiger partial charge is 0.493 e. The number of nitro benzene ring substituents is 2. The summed E-state index contributed by atoms with van der Waals surface area (Å²) in [5.41, 5.74) is 9.61. The van der Waals surface area contributed by atoms with Crippen LogP contribution in [-0.2, 0) is 0 Å². The Kier molecular flexibility index (Phi) is 7.20. The number of aromatic nitrogens is 1. The van der Waals surface area contributed by atoms with Crippen molar-refractivity contribution in [2.75, 3.05) is 12.8 Å². The number of halogens is 1. The van der Waals surface area contributed by atoms with Crippen molar-refractivity contribution in [2.24, 2.45) is 0 Å². The standard InChI is InChI=1S/C26H17IN6O6/c1-12-16(23-13(2)18(11-29)26(30)31-24(23)17(12)10-28)6-14-7-19(27)25(22(8-14)38-3)39-21-5-4-15(32(34)35)9-20(21)33(36)37/h4-9H,1-3H3,(H2,30,31)/p+1/b16-6+. The average Bonchev–Trinajstić information content (AvgIpc) is 3.15. The number of nitrogens with zero attached hydrogens (tertiary/aromatic N) is 4. The van der Waals surface area contributed by atoms with Gasteiger partial charge >= 0.3 is 5.69 Å². The Hall–Kier alpha value is -5.02. The summed E-state index contributed by atoms with van der Waals surface area (Å²) in [5.74, 6) is 0.412. The van der Waals surface area contributed by atoms with Crippen LogP contribution < -0.4 is 20.2 Å². The molecule has 0 unspecified atom stereocenters. The number of allylic oxidation sites excluding steroid dienone is 3. The third kappa shape index (κ3) is 4.71. The summed E-state index contributed by atoms with van der Waals surface area (Å²) in [5, 5.41) is 42.0. The van der Waals surface area contributed by atoms with Crippen LogP contribution in [0.3, 0.4) is 0 Å². The Morgan fingerprint density at radius 3 is 2.38 bits per heavy atom. The first kappa shape index (κ1) is 27.0. The van der Waals surface area contributed by atoms with Gasteiger partial charge < -0.3 is 9.47 Å². The Balaban J connectivity index is 1.84. The van der Waals surface area contributed by atoms with Gasteiger partial charge in [0.15, 0.2) is 17.2 Å². The highest BCUT2D eigenvalue weighted by molar-refractivity contribution is 14.1. The Morgan fingerprint density at radius 2 is 1.79 bits per heavy atom. The van der Waals surface area contributed by atoms with Gasteiger partial charge in [-0.05, 0) is 83.0 Å². The molecular weight excluding hydrogens is 619 g/mol. The fourth-order valence-electron chi connectivity index (χ4n) is 4.32. The second-order valence-electron chi connectivity index (χ2n) is 8.37. The minimum absolute atomic E-state index is 0.175. The fourth-order valence-corrected chi connectivity index (χ4v) is 5.05. The van der Waals surface area contributed by atoms with Crippen molar-refractivity contribution in [2.45, 2.75) is 13.8 Å². The Labute approximate surface area is 235 Å². The highest BCUT2D eigenvalue weighted by atomic mass is 127. The van der Waals surface area contributed by atoms with E-state index in [9.17, 15) is 30.8 Å². The topological polar surface area (TPSA) is 192 Å². The number of pyridine rings is 1. The molecule has 0 spiro atoms. The monoisotopic (exact) mass is 637 g/mol. The van der Waals surface area contributed by atoms with E-state index in [4.69, 9.17) is 15.2 Å². The van der Waals surface area contributed by atoms with E-state index in [2.05, 4.69) is 17.1 Å². The number of hydrogen-bond donors (Lipinski definition) is 1. The summed E-state index contributed by atoms with van der Waals surface area (Å²) in [6.45, 7) is 3.56. The van der Waals surface area contributed by atoms with Gasteiger partial charge in [0.2, 0.25) is 5.75 Å². The molecule has 13 heteroatoms. The number of nitrogens with two attached hydrogens (primary N) is 1. The molecule has 12 nitrogen and oxygen atoms in total. The summed E-state index contributed by atoms with van der Waals surface area (Å²) in [4.78, 5) is 24.1. The molecule has 0 radical (unpaired) electrons. The van der Waals surface area contributed by atoms with Crippen LogP contribution >= 0.6 is 22.6 Å². The van der Waals surface area contributed by atoms with Crippen LogP contribution in [0.2, 0.25) is 0 Å². The lowest BCUT2D eigenvalue weighted by Crippen LogP contribution is -2.20. The predicted octanol–water partition coefficient (Wildman–Crippen LogP) is 5.34. The van der Waals surface area contributed by atoms with Gasteiger partial charge in [-0.1, -0.05) is 0 Å². The van der Waals surface area contributed by atoms with Crippen LogP contribution in [0.1, 0.15) is 34.9 Å². The van der Waals surface area contributed by atoms with Crippen molar-refractivity contribution in [1.29, 1.82) is 10.5 Å². The maximum absolute atomic E-state index is 11.6. The molecule has 1 aliphatic carbocycles. The third-order valence-corrected chi connectivity index (χ3v) is 6.98. The van der Waals surface area contributed by atoms with Crippen molar-refractivity contribution < 1.29 is 24.3 Å². The molecule has 194 valence electrons. The molecule has 0 amide bonds. The van der Waals surface area contributed by atoms with Crippen molar-refractivity contribution in [3.8, 4) is 29.4 Å². The number of anilines is 1. The number of benzene rings is 2. The summed E-state index contributed by atoms with van der Waals surface area (Å²) < 4.78 is 11.9. The van der Waals surface area contributed by atoms with Crippen molar-refractivity contribution in [3.63, 3.8) is 0 Å². The van der Waals surface area contributed by atoms with Crippen LogP contribution in [0.4, 0.5) is 17.2 Å². The predicted molar refractivity (Wildman–Crippen MR) is 148 cm³/mol. The molecule has 3 N–H and O–H groups in total. The molecule has 0 fully saturated rings. The number of aromatic amines is 1. The minimum atomic E-state index is -0.762. The number of nitrogen functional groups attached to an aromatic ring is 1. The molecule has 0 aliphatic heterocycles. The summed E-state index contributed by atoms with van der Waals surface area (Å²) in [6.07, 6.45) is 1.83. The number of fused-ring (bicyclic) bond motifs is 1. The van der Waals surface area contributed by atoms with Gasteiger partial charge in [-0.3, -0.25) is 26.0 Å². The molecule has 1 aromatic heterocycles. The summed E-state index contributed by atoms with van der Waals surface area (Å²) >= 11 is 1.99. The van der Waals surface area contributed by atoms with E-state index in [1.165, 1.54) is 7.11 Å². The number of methoxy groups -OCH3 is 1. The zero-order chi connectivity index (χ0) is 28.6. The van der Waals surface area contributed by atoms with Crippen LogP contribution in [0.25, 0.3) is 17.2 Å². The number of non-ortho nitro benzene ring substituents is 1. The van der Waals surface area contributed by atoms with E-state index in [1.54, 1.807) is 26.0 Å². The first-order valence-corrected chi connectivity index (χ1v) is 12.2. The molecule has 0 saturated heterocycles. The van der Waals surface area contributed by atoms with Gasteiger partial charge in [-0.15, -0.1) is 0 Å². The first-order valence-electron chi connectivity index (χ1n) is 11.1. The lowest BCUT2D eigenvalue weighted by Gasteiger charge is -2.14. The molecule has 0 saturated carbocycles. The van der Waals surface area contributed by atoms with Gasteiger partial charge in [-0.2, -0.15) is 10.5 Å². The van der Waals surface area contributed by atoms with Crippen molar-refractivity contribution in [3.05, 3.63) is 87.7 Å². The average molecular weight is 637 g/mol. The fraction of sp³-hybridized carbons (Fsp3) is 0.115. The van der Waals surface area contributed by atoms with E-state index in [0.29, 0.717) is 42.7 Å². The highest BCUT2D eigenvalue weighted by Gasteiger charge is 2.32. The normalized spacial score (nSPS) is 13.0. The Bertz CT molecular complexity index is 1750. The van der Waals surface area contributed by atoms with Crippen molar-refractivity contribution >= 4 is 57.0 Å². The van der Waals surface area contributed by atoms with Gasteiger partial charge in [-0.25, -0.2) is 4.98 Å².